The highest BCUT2D eigenvalue weighted by Gasteiger charge is 2.39. The van der Waals surface area contributed by atoms with E-state index in [2.05, 4.69) is 27.7 Å². The van der Waals surface area contributed by atoms with Crippen LogP contribution in [0.25, 0.3) is 11.1 Å². The van der Waals surface area contributed by atoms with Gasteiger partial charge in [-0.05, 0) is 60.7 Å². The number of likely N-dealkylation sites (tertiary alicyclic amines) is 1. The van der Waals surface area contributed by atoms with Crippen LogP contribution in [0.1, 0.15) is 29.6 Å². The Morgan fingerprint density at radius 2 is 1.72 bits per heavy atom. The van der Waals surface area contributed by atoms with Crippen LogP contribution in [-0.4, -0.2) is 54.7 Å². The summed E-state index contributed by atoms with van der Waals surface area (Å²) in [5, 5.41) is 5.94. The number of ether oxygens (including phenoxy) is 2. The van der Waals surface area contributed by atoms with Crippen molar-refractivity contribution >= 4 is 23.2 Å². The summed E-state index contributed by atoms with van der Waals surface area (Å²) < 4.78 is 11.6. The third-order valence-electron chi connectivity index (χ3n) is 6.94. The lowest BCUT2D eigenvalue weighted by Gasteiger charge is -2.26. The van der Waals surface area contributed by atoms with Gasteiger partial charge in [-0.25, -0.2) is 0 Å². The van der Waals surface area contributed by atoms with Gasteiger partial charge in [0.15, 0.2) is 0 Å². The maximum absolute atomic E-state index is 13.0. The Kier molecular flexibility index (Phi) is 6.17. The van der Waals surface area contributed by atoms with E-state index in [1.807, 2.05) is 42.5 Å². The van der Waals surface area contributed by atoms with Crippen molar-refractivity contribution in [3.8, 4) is 16.9 Å². The number of morpholine rings is 1. The molecule has 184 valence electrons. The lowest BCUT2D eigenvalue weighted by molar-refractivity contribution is -0.118. The Bertz CT molecular complexity index is 1260. The van der Waals surface area contributed by atoms with E-state index in [9.17, 15) is 9.59 Å². The molecule has 36 heavy (non-hydrogen) atoms. The third-order valence-corrected chi connectivity index (χ3v) is 6.94. The van der Waals surface area contributed by atoms with E-state index < -0.39 is 0 Å². The molecule has 0 aromatic heterocycles. The van der Waals surface area contributed by atoms with E-state index in [-0.39, 0.29) is 24.0 Å². The number of fused-ring (bicyclic) bond motifs is 2. The highest BCUT2D eigenvalue weighted by atomic mass is 16.5. The zero-order valence-electron chi connectivity index (χ0n) is 20.0. The third kappa shape index (κ3) is 5.12. The Hall–Kier alpha value is -3.68. The van der Waals surface area contributed by atoms with Crippen molar-refractivity contribution in [2.45, 2.75) is 37.5 Å². The monoisotopic (exact) mass is 483 g/mol. The molecule has 2 saturated heterocycles. The second kappa shape index (κ2) is 9.76. The minimum Gasteiger partial charge on any atom is -0.488 e. The second-order valence-electron chi connectivity index (χ2n) is 9.75. The number of anilines is 2. The van der Waals surface area contributed by atoms with Gasteiger partial charge in [0.05, 0.1) is 31.0 Å². The van der Waals surface area contributed by atoms with Gasteiger partial charge in [-0.3, -0.25) is 14.5 Å². The van der Waals surface area contributed by atoms with Crippen molar-refractivity contribution in [2.75, 3.05) is 30.3 Å². The quantitative estimate of drug-likeness (QED) is 0.491. The molecule has 3 aromatic rings. The molecule has 2 unspecified atom stereocenters. The average Bonchev–Trinajstić information content (AvgIpc) is 3.47. The van der Waals surface area contributed by atoms with Crippen LogP contribution in [0.5, 0.6) is 5.75 Å². The van der Waals surface area contributed by atoms with Gasteiger partial charge < -0.3 is 20.1 Å². The zero-order chi connectivity index (χ0) is 24.5. The Morgan fingerprint density at radius 1 is 0.944 bits per heavy atom. The number of carbonyl (C=O) groups excluding carboxylic acids is 2. The van der Waals surface area contributed by atoms with E-state index in [4.69, 9.17) is 9.47 Å². The molecule has 2 N–H and O–H groups in total. The van der Waals surface area contributed by atoms with Crippen molar-refractivity contribution in [3.63, 3.8) is 0 Å². The highest BCUT2D eigenvalue weighted by molar-refractivity contribution is 6.06. The predicted octanol–water partition coefficient (Wildman–Crippen LogP) is 4.56. The van der Waals surface area contributed by atoms with E-state index in [0.29, 0.717) is 41.9 Å². The first kappa shape index (κ1) is 22.8. The minimum absolute atomic E-state index is 0.114. The van der Waals surface area contributed by atoms with Crippen LogP contribution >= 0.6 is 0 Å². The summed E-state index contributed by atoms with van der Waals surface area (Å²) >= 11 is 0. The van der Waals surface area contributed by atoms with Gasteiger partial charge in [-0.15, -0.1) is 0 Å². The number of rotatable bonds is 8. The Balaban J connectivity index is 1.14. The summed E-state index contributed by atoms with van der Waals surface area (Å²) in [5.74, 6) is 0.239. The molecule has 3 aromatic carbocycles. The van der Waals surface area contributed by atoms with Crippen molar-refractivity contribution < 1.29 is 19.1 Å². The van der Waals surface area contributed by atoms with Crippen molar-refractivity contribution in [3.05, 3.63) is 78.4 Å². The molecule has 2 bridgehead atoms. The standard InChI is InChI=1S/C29H29N3O4/c33-28(17-32-16-25-15-23(32)18-35-25)31-26-14-21(8-13-27(26)36-24-11-12-24)29(34)30-22-9-6-20(7-10-22)19-4-2-1-3-5-19/h1-10,13-14,23-25H,11-12,15-18H2,(H,30,34)(H,31,33). The molecule has 0 radical (unpaired) electrons. The summed E-state index contributed by atoms with van der Waals surface area (Å²) in [5.41, 5.74) is 3.89. The van der Waals surface area contributed by atoms with Crippen LogP contribution in [0.3, 0.4) is 0 Å². The molecule has 6 rings (SSSR count). The van der Waals surface area contributed by atoms with Crippen LogP contribution in [0.2, 0.25) is 0 Å². The Morgan fingerprint density at radius 3 is 2.42 bits per heavy atom. The molecule has 3 fully saturated rings. The summed E-state index contributed by atoms with van der Waals surface area (Å²) in [6, 6.07) is 23.4. The highest BCUT2D eigenvalue weighted by Crippen LogP contribution is 2.34. The molecule has 2 atom stereocenters. The predicted molar refractivity (Wildman–Crippen MR) is 138 cm³/mol. The molecule has 1 saturated carbocycles. The number of nitrogens with one attached hydrogen (secondary N) is 2. The summed E-state index contributed by atoms with van der Waals surface area (Å²) in [6.45, 7) is 1.78. The number of benzene rings is 3. The van der Waals surface area contributed by atoms with Crippen molar-refractivity contribution in [2.24, 2.45) is 0 Å². The number of hydrogen-bond acceptors (Lipinski definition) is 5. The fourth-order valence-corrected chi connectivity index (χ4v) is 4.86. The van der Waals surface area contributed by atoms with E-state index in [1.165, 1.54) is 0 Å². The maximum atomic E-state index is 13.0. The van der Waals surface area contributed by atoms with Gasteiger partial charge in [-0.1, -0.05) is 42.5 Å². The molecular weight excluding hydrogens is 454 g/mol. The van der Waals surface area contributed by atoms with Crippen LogP contribution in [-0.2, 0) is 9.53 Å². The molecule has 0 spiro atoms. The fraction of sp³-hybridized carbons (Fsp3) is 0.310. The average molecular weight is 484 g/mol. The van der Waals surface area contributed by atoms with E-state index in [0.717, 1.165) is 36.9 Å². The first-order chi connectivity index (χ1) is 17.6. The minimum atomic E-state index is -0.245. The van der Waals surface area contributed by atoms with Gasteiger partial charge in [0, 0.05) is 23.8 Å². The van der Waals surface area contributed by atoms with Gasteiger partial charge >= 0.3 is 0 Å². The van der Waals surface area contributed by atoms with Gasteiger partial charge in [0.2, 0.25) is 5.91 Å². The number of carbonyl (C=O) groups is 2. The number of amides is 2. The smallest absolute Gasteiger partial charge is 0.255 e. The van der Waals surface area contributed by atoms with Crippen LogP contribution in [0, 0.1) is 0 Å². The van der Waals surface area contributed by atoms with Crippen molar-refractivity contribution in [1.82, 2.24) is 4.90 Å². The number of nitrogens with zero attached hydrogens (tertiary/aromatic N) is 1. The first-order valence-electron chi connectivity index (χ1n) is 12.5. The summed E-state index contributed by atoms with van der Waals surface area (Å²) in [7, 11) is 0. The largest absolute Gasteiger partial charge is 0.488 e. The van der Waals surface area contributed by atoms with Gasteiger partial charge in [-0.2, -0.15) is 0 Å². The van der Waals surface area contributed by atoms with Crippen molar-refractivity contribution in [1.29, 1.82) is 0 Å². The molecule has 7 nitrogen and oxygen atoms in total. The fourth-order valence-electron chi connectivity index (χ4n) is 4.86. The molecule has 2 heterocycles. The molecule has 1 aliphatic carbocycles. The van der Waals surface area contributed by atoms with Crippen LogP contribution in [0.4, 0.5) is 11.4 Å². The summed E-state index contributed by atoms with van der Waals surface area (Å²) in [4.78, 5) is 28.1. The lowest BCUT2D eigenvalue weighted by Crippen LogP contribution is -2.41. The molecule has 2 aliphatic heterocycles. The topological polar surface area (TPSA) is 79.9 Å². The summed E-state index contributed by atoms with van der Waals surface area (Å²) in [6.07, 6.45) is 3.42. The SMILES string of the molecule is O=C(CN1CC2CC1CO2)Nc1cc(C(=O)Nc2ccc(-c3ccccc3)cc2)ccc1OC1CC1. The van der Waals surface area contributed by atoms with E-state index >= 15 is 0 Å². The van der Waals surface area contributed by atoms with Gasteiger partial charge in [0.25, 0.3) is 5.91 Å². The molecule has 7 heteroatoms. The lowest BCUT2D eigenvalue weighted by atomic mass is 10.1. The molecular formula is C29H29N3O4. The van der Waals surface area contributed by atoms with Gasteiger partial charge in [0.1, 0.15) is 5.75 Å². The number of hydrogen-bond donors (Lipinski definition) is 2. The second-order valence-corrected chi connectivity index (χ2v) is 9.75. The maximum Gasteiger partial charge on any atom is 0.255 e. The normalized spacial score (nSPS) is 20.8. The Labute approximate surface area is 210 Å². The van der Waals surface area contributed by atoms with Crippen LogP contribution in [0.15, 0.2) is 72.8 Å². The van der Waals surface area contributed by atoms with E-state index in [1.54, 1.807) is 18.2 Å². The zero-order valence-corrected chi connectivity index (χ0v) is 20.0. The molecule has 3 aliphatic rings. The first-order valence-corrected chi connectivity index (χ1v) is 12.5. The van der Waals surface area contributed by atoms with Crippen LogP contribution < -0.4 is 15.4 Å². The molecule has 2 amide bonds.